The van der Waals surface area contributed by atoms with Crippen LogP contribution in [0.15, 0.2) is 24.3 Å². The Kier molecular flexibility index (Phi) is 4.93. The molecule has 0 heterocycles. The minimum absolute atomic E-state index is 0.0331. The minimum atomic E-state index is -1.14. The van der Waals surface area contributed by atoms with Gasteiger partial charge in [0, 0.05) is 18.2 Å². The monoisotopic (exact) mass is 239 g/mol. The first-order chi connectivity index (χ1) is 8.00. The molecule has 4 N–H and O–H groups in total. The SMILES string of the molecule is CCC(NCC(C)(O)CO)c1ccccc1O. The van der Waals surface area contributed by atoms with Crippen LogP contribution in [0.1, 0.15) is 31.9 Å². The van der Waals surface area contributed by atoms with E-state index in [4.69, 9.17) is 5.11 Å². The molecular weight excluding hydrogens is 218 g/mol. The molecule has 2 unspecified atom stereocenters. The van der Waals surface area contributed by atoms with Crippen LogP contribution in [-0.4, -0.2) is 34.1 Å². The van der Waals surface area contributed by atoms with Crippen LogP contribution in [0.25, 0.3) is 0 Å². The average molecular weight is 239 g/mol. The minimum Gasteiger partial charge on any atom is -0.508 e. The van der Waals surface area contributed by atoms with E-state index in [9.17, 15) is 10.2 Å². The molecule has 1 rings (SSSR count). The van der Waals surface area contributed by atoms with Gasteiger partial charge < -0.3 is 20.6 Å². The van der Waals surface area contributed by atoms with Gasteiger partial charge in [0.2, 0.25) is 0 Å². The summed E-state index contributed by atoms with van der Waals surface area (Å²) in [5, 5.41) is 31.6. The summed E-state index contributed by atoms with van der Waals surface area (Å²) in [7, 11) is 0. The molecule has 0 aromatic heterocycles. The summed E-state index contributed by atoms with van der Waals surface area (Å²) in [5.41, 5.74) is -0.332. The van der Waals surface area contributed by atoms with Crippen molar-refractivity contribution in [1.29, 1.82) is 0 Å². The van der Waals surface area contributed by atoms with Crippen molar-refractivity contribution in [2.75, 3.05) is 13.2 Å². The molecule has 0 saturated carbocycles. The van der Waals surface area contributed by atoms with Gasteiger partial charge in [-0.05, 0) is 19.4 Å². The number of hydrogen-bond acceptors (Lipinski definition) is 4. The normalized spacial score (nSPS) is 16.5. The molecule has 0 amide bonds. The molecule has 0 spiro atoms. The van der Waals surface area contributed by atoms with Gasteiger partial charge in [0.1, 0.15) is 5.75 Å². The number of nitrogens with one attached hydrogen (secondary N) is 1. The van der Waals surface area contributed by atoms with Gasteiger partial charge in [-0.3, -0.25) is 0 Å². The van der Waals surface area contributed by atoms with Crippen molar-refractivity contribution in [3.05, 3.63) is 29.8 Å². The van der Waals surface area contributed by atoms with Crippen LogP contribution in [0, 0.1) is 0 Å². The van der Waals surface area contributed by atoms with Gasteiger partial charge in [-0.15, -0.1) is 0 Å². The summed E-state index contributed by atoms with van der Waals surface area (Å²) in [6, 6.07) is 7.10. The average Bonchev–Trinajstić information content (AvgIpc) is 2.32. The van der Waals surface area contributed by atoms with Gasteiger partial charge in [0.15, 0.2) is 0 Å². The smallest absolute Gasteiger partial charge is 0.120 e. The third-order valence-electron chi connectivity index (χ3n) is 2.79. The number of aromatic hydroxyl groups is 1. The quantitative estimate of drug-likeness (QED) is 0.601. The first-order valence-corrected chi connectivity index (χ1v) is 5.84. The van der Waals surface area contributed by atoms with Crippen molar-refractivity contribution in [3.63, 3.8) is 0 Å². The Morgan fingerprint density at radius 1 is 1.35 bits per heavy atom. The molecule has 0 aliphatic carbocycles. The van der Waals surface area contributed by atoms with Gasteiger partial charge in [-0.2, -0.15) is 0 Å². The zero-order valence-electron chi connectivity index (χ0n) is 10.3. The number of para-hydroxylation sites is 1. The van der Waals surface area contributed by atoms with E-state index in [1.807, 2.05) is 19.1 Å². The maximum atomic E-state index is 9.75. The Labute approximate surface area is 102 Å². The molecule has 96 valence electrons. The number of phenols is 1. The number of benzene rings is 1. The Hall–Kier alpha value is -1.10. The van der Waals surface area contributed by atoms with E-state index in [0.29, 0.717) is 0 Å². The van der Waals surface area contributed by atoms with Crippen LogP contribution in [0.2, 0.25) is 0 Å². The molecule has 4 nitrogen and oxygen atoms in total. The largest absolute Gasteiger partial charge is 0.508 e. The lowest BCUT2D eigenvalue weighted by Crippen LogP contribution is -2.42. The summed E-state index contributed by atoms with van der Waals surface area (Å²) in [6.45, 7) is 3.54. The Bertz CT molecular complexity index is 352. The van der Waals surface area contributed by atoms with Crippen LogP contribution in [-0.2, 0) is 0 Å². The molecule has 0 bridgehead atoms. The standard InChI is InChI=1S/C13H21NO3/c1-3-11(14-8-13(2,17)9-15)10-6-4-5-7-12(10)16/h4-7,11,14-17H,3,8-9H2,1-2H3. The Morgan fingerprint density at radius 3 is 2.53 bits per heavy atom. The number of aliphatic hydroxyl groups is 2. The van der Waals surface area contributed by atoms with E-state index in [-0.39, 0.29) is 24.9 Å². The van der Waals surface area contributed by atoms with Crippen molar-refractivity contribution in [2.24, 2.45) is 0 Å². The van der Waals surface area contributed by atoms with Gasteiger partial charge >= 0.3 is 0 Å². The van der Waals surface area contributed by atoms with Crippen molar-refractivity contribution in [1.82, 2.24) is 5.32 Å². The number of phenolic OH excluding ortho intramolecular Hbond substituents is 1. The fourth-order valence-electron chi connectivity index (χ4n) is 1.66. The van der Waals surface area contributed by atoms with Gasteiger partial charge in [0.25, 0.3) is 0 Å². The van der Waals surface area contributed by atoms with Gasteiger partial charge in [-0.1, -0.05) is 25.1 Å². The van der Waals surface area contributed by atoms with E-state index in [0.717, 1.165) is 12.0 Å². The maximum absolute atomic E-state index is 9.75. The molecule has 1 aromatic rings. The number of aliphatic hydroxyl groups excluding tert-OH is 1. The molecule has 4 heteroatoms. The second kappa shape index (κ2) is 6.00. The zero-order valence-corrected chi connectivity index (χ0v) is 10.3. The molecule has 1 aromatic carbocycles. The van der Waals surface area contributed by atoms with E-state index in [2.05, 4.69) is 5.32 Å². The van der Waals surface area contributed by atoms with Crippen LogP contribution in [0.5, 0.6) is 5.75 Å². The highest BCUT2D eigenvalue weighted by atomic mass is 16.3. The zero-order chi connectivity index (χ0) is 12.9. The lowest BCUT2D eigenvalue weighted by Gasteiger charge is -2.25. The fraction of sp³-hybridized carbons (Fsp3) is 0.538. The lowest BCUT2D eigenvalue weighted by atomic mass is 10.0. The van der Waals surface area contributed by atoms with Crippen LogP contribution < -0.4 is 5.32 Å². The predicted molar refractivity (Wildman–Crippen MR) is 66.9 cm³/mol. The Morgan fingerprint density at radius 2 is 2.00 bits per heavy atom. The summed E-state index contributed by atoms with van der Waals surface area (Å²) in [4.78, 5) is 0. The number of hydrogen-bond donors (Lipinski definition) is 4. The van der Waals surface area contributed by atoms with Gasteiger partial charge in [0.05, 0.1) is 12.2 Å². The van der Waals surface area contributed by atoms with Crippen LogP contribution >= 0.6 is 0 Å². The second-order valence-corrected chi connectivity index (χ2v) is 4.56. The molecule has 0 radical (unpaired) electrons. The van der Waals surface area contributed by atoms with E-state index in [1.54, 1.807) is 19.1 Å². The highest BCUT2D eigenvalue weighted by Crippen LogP contribution is 2.25. The van der Waals surface area contributed by atoms with Crippen molar-refractivity contribution in [3.8, 4) is 5.75 Å². The van der Waals surface area contributed by atoms with Crippen molar-refractivity contribution >= 4 is 0 Å². The number of rotatable bonds is 6. The van der Waals surface area contributed by atoms with Crippen molar-refractivity contribution < 1.29 is 15.3 Å². The first kappa shape index (κ1) is 14.0. The molecule has 0 aliphatic rings. The molecule has 0 fully saturated rings. The highest BCUT2D eigenvalue weighted by molar-refractivity contribution is 5.34. The second-order valence-electron chi connectivity index (χ2n) is 4.56. The summed E-state index contributed by atoms with van der Waals surface area (Å²) in [6.07, 6.45) is 0.791. The van der Waals surface area contributed by atoms with Gasteiger partial charge in [-0.25, -0.2) is 0 Å². The highest BCUT2D eigenvalue weighted by Gasteiger charge is 2.21. The van der Waals surface area contributed by atoms with E-state index in [1.165, 1.54) is 0 Å². The summed E-state index contributed by atoms with van der Waals surface area (Å²) >= 11 is 0. The molecule has 0 aliphatic heterocycles. The van der Waals surface area contributed by atoms with Crippen molar-refractivity contribution in [2.45, 2.75) is 31.9 Å². The van der Waals surface area contributed by atoms with Crippen LogP contribution in [0.3, 0.4) is 0 Å². The predicted octanol–water partition coefficient (Wildman–Crippen LogP) is 1.18. The fourth-order valence-corrected chi connectivity index (χ4v) is 1.66. The molecule has 0 saturated heterocycles. The first-order valence-electron chi connectivity index (χ1n) is 5.84. The van der Waals surface area contributed by atoms with Crippen LogP contribution in [0.4, 0.5) is 0 Å². The van der Waals surface area contributed by atoms with E-state index < -0.39 is 5.60 Å². The topological polar surface area (TPSA) is 72.7 Å². The summed E-state index contributed by atoms with van der Waals surface area (Å²) in [5.74, 6) is 0.246. The summed E-state index contributed by atoms with van der Waals surface area (Å²) < 4.78 is 0. The maximum Gasteiger partial charge on any atom is 0.120 e. The molecule has 17 heavy (non-hydrogen) atoms. The molecular formula is C13H21NO3. The lowest BCUT2D eigenvalue weighted by molar-refractivity contribution is 0.000542. The van der Waals surface area contributed by atoms with E-state index >= 15 is 0 Å². The molecule has 2 atom stereocenters. The third kappa shape index (κ3) is 4.00. The third-order valence-corrected chi connectivity index (χ3v) is 2.79. The Balaban J connectivity index is 2.70.